The van der Waals surface area contributed by atoms with E-state index in [0.29, 0.717) is 0 Å². The van der Waals surface area contributed by atoms with Gasteiger partial charge in [0.25, 0.3) is 0 Å². The minimum atomic E-state index is 0.753. The summed E-state index contributed by atoms with van der Waals surface area (Å²) < 4.78 is 2.72. The first-order valence-electron chi connectivity index (χ1n) is 5.77. The second-order valence-corrected chi connectivity index (χ2v) is 4.40. The zero-order valence-electron chi connectivity index (χ0n) is 10.1. The quantitative estimate of drug-likeness (QED) is 0.854. The van der Waals surface area contributed by atoms with Gasteiger partial charge in [-0.05, 0) is 28.9 Å². The van der Waals surface area contributed by atoms with Crippen LogP contribution in [0.2, 0.25) is 0 Å². The molecule has 0 aliphatic carbocycles. The molecule has 2 rings (SSSR count). The van der Waals surface area contributed by atoms with E-state index >= 15 is 0 Å². The molecule has 2 N–H and O–H groups in total. The van der Waals surface area contributed by atoms with Crippen LogP contribution in [0.3, 0.4) is 0 Å². The first-order chi connectivity index (χ1) is 8.81. The first kappa shape index (κ1) is 12.8. The van der Waals surface area contributed by atoms with Crippen molar-refractivity contribution in [2.45, 2.75) is 13.5 Å². The van der Waals surface area contributed by atoms with Gasteiger partial charge in [-0.3, -0.25) is 4.68 Å². The maximum Gasteiger partial charge on any atom is 0.146 e. The van der Waals surface area contributed by atoms with Crippen LogP contribution in [0.15, 0.2) is 29.3 Å². The van der Waals surface area contributed by atoms with E-state index in [4.69, 9.17) is 0 Å². The van der Waals surface area contributed by atoms with Crippen molar-refractivity contribution in [3.63, 3.8) is 0 Å². The van der Waals surface area contributed by atoms with Gasteiger partial charge in [-0.1, -0.05) is 0 Å². The van der Waals surface area contributed by atoms with E-state index in [1.807, 2.05) is 23.9 Å². The van der Waals surface area contributed by atoms with Crippen molar-refractivity contribution in [2.75, 3.05) is 23.7 Å². The average Bonchev–Trinajstić information content (AvgIpc) is 2.87. The summed E-state index contributed by atoms with van der Waals surface area (Å²) in [6, 6.07) is 1.91. The van der Waals surface area contributed by atoms with E-state index in [1.54, 1.807) is 12.5 Å². The van der Waals surface area contributed by atoms with Gasteiger partial charge in [0.1, 0.15) is 22.4 Å². The lowest BCUT2D eigenvalue weighted by molar-refractivity contribution is 0.637. The largest absolute Gasteiger partial charge is 0.369 e. The van der Waals surface area contributed by atoms with Gasteiger partial charge in [0, 0.05) is 25.5 Å². The van der Waals surface area contributed by atoms with Crippen LogP contribution in [0.25, 0.3) is 0 Å². The number of anilines is 2. The Morgan fingerprint density at radius 3 is 2.72 bits per heavy atom. The Bertz CT molecular complexity index is 484. The molecule has 7 heteroatoms. The third kappa shape index (κ3) is 3.19. The van der Waals surface area contributed by atoms with Crippen LogP contribution in [0, 0.1) is 0 Å². The molecule has 96 valence electrons. The first-order valence-corrected chi connectivity index (χ1v) is 6.56. The van der Waals surface area contributed by atoms with E-state index in [1.165, 1.54) is 0 Å². The molecule has 2 aromatic rings. The molecule has 0 aromatic carbocycles. The molecule has 18 heavy (non-hydrogen) atoms. The number of nitrogens with one attached hydrogen (secondary N) is 2. The molecule has 0 radical (unpaired) electrons. The molecule has 0 aliphatic heterocycles. The number of hydrogen-bond acceptors (Lipinski definition) is 5. The van der Waals surface area contributed by atoms with Crippen molar-refractivity contribution in [3.05, 3.63) is 29.3 Å². The highest BCUT2D eigenvalue weighted by atomic mass is 79.9. The predicted molar refractivity (Wildman–Crippen MR) is 74.6 cm³/mol. The molecule has 0 aliphatic rings. The number of nitrogens with zero attached hydrogens (tertiary/aromatic N) is 4. The second-order valence-electron chi connectivity index (χ2n) is 3.61. The van der Waals surface area contributed by atoms with E-state index in [2.05, 4.69) is 41.6 Å². The SMILES string of the molecule is CCNc1ncnc(NCCn2cccn2)c1Br. The van der Waals surface area contributed by atoms with Gasteiger partial charge in [0.05, 0.1) is 6.54 Å². The van der Waals surface area contributed by atoms with Gasteiger partial charge in [0.15, 0.2) is 0 Å². The molecule has 0 saturated carbocycles. The second kappa shape index (κ2) is 6.34. The fourth-order valence-corrected chi connectivity index (χ4v) is 1.99. The van der Waals surface area contributed by atoms with Crippen molar-refractivity contribution in [3.8, 4) is 0 Å². The molecule has 2 aromatic heterocycles. The van der Waals surface area contributed by atoms with Crippen LogP contribution < -0.4 is 10.6 Å². The number of rotatable bonds is 6. The molecule has 6 nitrogen and oxygen atoms in total. The molecule has 0 amide bonds. The predicted octanol–water partition coefficient (Wildman–Crippen LogP) is 1.98. The zero-order valence-corrected chi connectivity index (χ0v) is 11.7. The monoisotopic (exact) mass is 310 g/mol. The molecule has 0 fully saturated rings. The molecule has 0 atom stereocenters. The minimum Gasteiger partial charge on any atom is -0.369 e. The Kier molecular flexibility index (Phi) is 4.52. The third-order valence-electron chi connectivity index (χ3n) is 2.33. The standard InChI is InChI=1S/C11H15BrN6/c1-2-13-10-9(12)11(16-8-15-10)14-5-7-18-6-3-4-17-18/h3-4,6,8H,2,5,7H2,1H3,(H2,13,14,15,16). The average molecular weight is 311 g/mol. The zero-order chi connectivity index (χ0) is 12.8. The normalized spacial score (nSPS) is 10.3. The van der Waals surface area contributed by atoms with Crippen molar-refractivity contribution >= 4 is 27.6 Å². The molecule has 0 bridgehead atoms. The van der Waals surface area contributed by atoms with Crippen LogP contribution >= 0.6 is 15.9 Å². The lowest BCUT2D eigenvalue weighted by atomic mass is 10.5. The summed E-state index contributed by atoms with van der Waals surface area (Å²) in [4.78, 5) is 8.36. The van der Waals surface area contributed by atoms with Crippen molar-refractivity contribution in [1.29, 1.82) is 0 Å². The highest BCUT2D eigenvalue weighted by molar-refractivity contribution is 9.10. The maximum absolute atomic E-state index is 4.20. The highest BCUT2D eigenvalue weighted by Crippen LogP contribution is 2.25. The van der Waals surface area contributed by atoms with Crippen molar-refractivity contribution in [2.24, 2.45) is 0 Å². The van der Waals surface area contributed by atoms with Gasteiger partial charge in [-0.15, -0.1) is 0 Å². The minimum absolute atomic E-state index is 0.753. The Labute approximate surface area is 114 Å². The Morgan fingerprint density at radius 2 is 2.06 bits per heavy atom. The van der Waals surface area contributed by atoms with Crippen molar-refractivity contribution < 1.29 is 0 Å². The lowest BCUT2D eigenvalue weighted by Crippen LogP contribution is -2.13. The highest BCUT2D eigenvalue weighted by Gasteiger charge is 2.07. The maximum atomic E-state index is 4.20. The fraction of sp³-hybridized carbons (Fsp3) is 0.364. The van der Waals surface area contributed by atoms with Crippen LogP contribution in [0.4, 0.5) is 11.6 Å². The third-order valence-corrected chi connectivity index (χ3v) is 3.08. The summed E-state index contributed by atoms with van der Waals surface area (Å²) in [5.74, 6) is 1.59. The van der Waals surface area contributed by atoms with E-state index in [9.17, 15) is 0 Å². The summed E-state index contributed by atoms with van der Waals surface area (Å²) in [7, 11) is 0. The number of hydrogen-bond donors (Lipinski definition) is 2. The summed E-state index contributed by atoms with van der Waals surface area (Å²) in [6.45, 7) is 4.39. The van der Waals surface area contributed by atoms with Gasteiger partial charge < -0.3 is 10.6 Å². The summed E-state index contributed by atoms with van der Waals surface area (Å²) in [6.07, 6.45) is 5.24. The summed E-state index contributed by atoms with van der Waals surface area (Å²) in [5, 5.41) is 10.6. The van der Waals surface area contributed by atoms with E-state index < -0.39 is 0 Å². The Morgan fingerprint density at radius 1 is 1.28 bits per heavy atom. The lowest BCUT2D eigenvalue weighted by Gasteiger charge is -2.10. The molecule has 2 heterocycles. The molecule has 0 spiro atoms. The summed E-state index contributed by atoms with van der Waals surface area (Å²) in [5.41, 5.74) is 0. The van der Waals surface area contributed by atoms with Crippen LogP contribution in [0.5, 0.6) is 0 Å². The van der Waals surface area contributed by atoms with Gasteiger partial charge >= 0.3 is 0 Å². The van der Waals surface area contributed by atoms with Gasteiger partial charge in [0.2, 0.25) is 0 Å². The molecule has 0 saturated heterocycles. The van der Waals surface area contributed by atoms with Crippen molar-refractivity contribution in [1.82, 2.24) is 19.7 Å². The Balaban J connectivity index is 1.94. The van der Waals surface area contributed by atoms with Gasteiger partial charge in [-0.25, -0.2) is 9.97 Å². The topological polar surface area (TPSA) is 67.7 Å². The fourth-order valence-electron chi connectivity index (χ4n) is 1.51. The molecular weight excluding hydrogens is 296 g/mol. The molecule has 0 unspecified atom stereocenters. The summed E-state index contributed by atoms with van der Waals surface area (Å²) >= 11 is 3.49. The molecular formula is C11H15BrN6. The van der Waals surface area contributed by atoms with E-state index in [0.717, 1.165) is 35.7 Å². The number of halogens is 1. The van der Waals surface area contributed by atoms with Crippen LogP contribution in [0.1, 0.15) is 6.92 Å². The van der Waals surface area contributed by atoms with Gasteiger partial charge in [-0.2, -0.15) is 5.10 Å². The Hall–Kier alpha value is -1.63. The number of aromatic nitrogens is 4. The smallest absolute Gasteiger partial charge is 0.146 e. The van der Waals surface area contributed by atoms with Crippen LogP contribution in [-0.2, 0) is 6.54 Å². The van der Waals surface area contributed by atoms with E-state index in [-0.39, 0.29) is 0 Å². The van der Waals surface area contributed by atoms with Crippen LogP contribution in [-0.4, -0.2) is 32.8 Å².